The number of amides is 1. The lowest BCUT2D eigenvalue weighted by molar-refractivity contribution is -0.121. The van der Waals surface area contributed by atoms with Gasteiger partial charge in [0.05, 0.1) is 17.6 Å². The lowest BCUT2D eigenvalue weighted by Gasteiger charge is -2.08. The molecule has 1 fully saturated rings. The Kier molecular flexibility index (Phi) is 4.82. The number of carbonyl (C=O) groups is 1. The van der Waals surface area contributed by atoms with Crippen molar-refractivity contribution < 1.29 is 9.53 Å². The number of thiocarbonyl (C=S) groups is 1. The highest BCUT2D eigenvalue weighted by Gasteiger charge is 2.16. The van der Waals surface area contributed by atoms with Crippen LogP contribution in [0.3, 0.4) is 0 Å². The minimum atomic E-state index is -0.00620. The molecule has 1 atom stereocenters. The van der Waals surface area contributed by atoms with E-state index in [0.29, 0.717) is 18.0 Å². The number of hydrogen-bond acceptors (Lipinski definition) is 3. The number of ether oxygens (including phenoxy) is 1. The third-order valence-corrected chi connectivity index (χ3v) is 2.32. The van der Waals surface area contributed by atoms with E-state index in [-0.39, 0.29) is 12.0 Å². The highest BCUT2D eigenvalue weighted by atomic mass is 32.1. The molecule has 0 spiro atoms. The zero-order chi connectivity index (χ0) is 10.4. The summed E-state index contributed by atoms with van der Waals surface area (Å²) >= 11 is 4.64. The standard InChI is InChI=1S/C9H16N2O2S/c10-8(14)6-11-9(12)4-3-7-2-1-5-13-7/h7H,1-6H2,(H2,10,14)(H,11,12). The van der Waals surface area contributed by atoms with Gasteiger partial charge in [-0.25, -0.2) is 0 Å². The van der Waals surface area contributed by atoms with E-state index in [2.05, 4.69) is 17.5 Å². The molecular weight excluding hydrogens is 200 g/mol. The summed E-state index contributed by atoms with van der Waals surface area (Å²) in [5, 5.41) is 2.65. The van der Waals surface area contributed by atoms with E-state index in [1.807, 2.05) is 0 Å². The summed E-state index contributed by atoms with van der Waals surface area (Å²) in [6.45, 7) is 1.12. The first-order valence-corrected chi connectivity index (χ1v) is 5.26. The lowest BCUT2D eigenvalue weighted by Crippen LogP contribution is -2.32. The Labute approximate surface area is 89.2 Å². The van der Waals surface area contributed by atoms with Gasteiger partial charge in [-0.2, -0.15) is 0 Å². The Morgan fingerprint density at radius 3 is 3.00 bits per heavy atom. The average molecular weight is 216 g/mol. The van der Waals surface area contributed by atoms with Crippen molar-refractivity contribution in [1.82, 2.24) is 5.32 Å². The van der Waals surface area contributed by atoms with Crippen molar-refractivity contribution in [2.75, 3.05) is 13.2 Å². The van der Waals surface area contributed by atoms with Gasteiger partial charge in [0.15, 0.2) is 0 Å². The highest BCUT2D eigenvalue weighted by Crippen LogP contribution is 2.16. The van der Waals surface area contributed by atoms with Gasteiger partial charge >= 0.3 is 0 Å². The average Bonchev–Trinajstić information content (AvgIpc) is 2.63. The number of carbonyl (C=O) groups excluding carboxylic acids is 1. The first-order chi connectivity index (χ1) is 6.68. The van der Waals surface area contributed by atoms with Crippen LogP contribution in [0.15, 0.2) is 0 Å². The van der Waals surface area contributed by atoms with Gasteiger partial charge in [-0.3, -0.25) is 4.79 Å². The summed E-state index contributed by atoms with van der Waals surface area (Å²) in [5.74, 6) is -0.00620. The molecule has 1 aliphatic rings. The minimum absolute atomic E-state index is 0.00620. The molecule has 1 heterocycles. The summed E-state index contributed by atoms with van der Waals surface area (Å²) in [7, 11) is 0. The molecule has 1 unspecified atom stereocenters. The first kappa shape index (κ1) is 11.4. The van der Waals surface area contributed by atoms with E-state index in [0.717, 1.165) is 25.9 Å². The monoisotopic (exact) mass is 216 g/mol. The number of rotatable bonds is 5. The largest absolute Gasteiger partial charge is 0.392 e. The van der Waals surface area contributed by atoms with Crippen LogP contribution < -0.4 is 11.1 Å². The van der Waals surface area contributed by atoms with Crippen molar-refractivity contribution in [3.8, 4) is 0 Å². The summed E-state index contributed by atoms with van der Waals surface area (Å²) in [6, 6.07) is 0. The molecular formula is C9H16N2O2S. The molecule has 14 heavy (non-hydrogen) atoms. The smallest absolute Gasteiger partial charge is 0.220 e. The summed E-state index contributed by atoms with van der Waals surface area (Å²) in [6.07, 6.45) is 3.74. The Hall–Kier alpha value is -0.680. The van der Waals surface area contributed by atoms with Crippen molar-refractivity contribution in [2.24, 2.45) is 5.73 Å². The van der Waals surface area contributed by atoms with Crippen molar-refractivity contribution in [3.63, 3.8) is 0 Å². The minimum Gasteiger partial charge on any atom is -0.392 e. The highest BCUT2D eigenvalue weighted by molar-refractivity contribution is 7.80. The molecule has 5 heteroatoms. The maximum atomic E-state index is 11.2. The van der Waals surface area contributed by atoms with Crippen LogP contribution in [0.25, 0.3) is 0 Å². The molecule has 0 aliphatic carbocycles. The molecule has 0 aromatic carbocycles. The second-order valence-electron chi connectivity index (χ2n) is 3.42. The van der Waals surface area contributed by atoms with Crippen molar-refractivity contribution in [2.45, 2.75) is 31.8 Å². The van der Waals surface area contributed by atoms with Crippen LogP contribution in [0.1, 0.15) is 25.7 Å². The number of hydrogen-bond donors (Lipinski definition) is 2. The van der Waals surface area contributed by atoms with E-state index < -0.39 is 0 Å². The second kappa shape index (κ2) is 5.93. The molecule has 3 N–H and O–H groups in total. The quantitative estimate of drug-likeness (QED) is 0.651. The van der Waals surface area contributed by atoms with E-state index in [1.165, 1.54) is 0 Å². The molecule has 1 saturated heterocycles. The van der Waals surface area contributed by atoms with E-state index in [1.54, 1.807) is 0 Å². The van der Waals surface area contributed by atoms with E-state index >= 15 is 0 Å². The maximum Gasteiger partial charge on any atom is 0.220 e. The molecule has 0 saturated carbocycles. The van der Waals surface area contributed by atoms with Crippen LogP contribution in [-0.2, 0) is 9.53 Å². The molecule has 1 aliphatic heterocycles. The summed E-state index contributed by atoms with van der Waals surface area (Å²) in [5.41, 5.74) is 5.25. The van der Waals surface area contributed by atoms with Crippen LogP contribution in [0.2, 0.25) is 0 Å². The van der Waals surface area contributed by atoms with Gasteiger partial charge in [-0.05, 0) is 19.3 Å². The van der Waals surface area contributed by atoms with Crippen LogP contribution in [0.4, 0.5) is 0 Å². The normalized spacial score (nSPS) is 20.7. The third-order valence-electron chi connectivity index (χ3n) is 2.18. The van der Waals surface area contributed by atoms with E-state index in [4.69, 9.17) is 10.5 Å². The van der Waals surface area contributed by atoms with E-state index in [9.17, 15) is 4.79 Å². The number of nitrogens with two attached hydrogens (primary N) is 1. The van der Waals surface area contributed by atoms with Crippen LogP contribution in [0, 0.1) is 0 Å². The maximum absolute atomic E-state index is 11.2. The zero-order valence-corrected chi connectivity index (χ0v) is 8.94. The van der Waals surface area contributed by atoms with Crippen molar-refractivity contribution >= 4 is 23.1 Å². The molecule has 80 valence electrons. The Morgan fingerprint density at radius 1 is 1.64 bits per heavy atom. The fourth-order valence-corrected chi connectivity index (χ4v) is 1.51. The van der Waals surface area contributed by atoms with Gasteiger partial charge in [0.25, 0.3) is 0 Å². The second-order valence-corrected chi connectivity index (χ2v) is 3.94. The third kappa shape index (κ3) is 4.53. The van der Waals surface area contributed by atoms with Gasteiger partial charge < -0.3 is 15.8 Å². The molecule has 0 aromatic rings. The van der Waals surface area contributed by atoms with Gasteiger partial charge in [-0.1, -0.05) is 12.2 Å². The van der Waals surface area contributed by atoms with Crippen molar-refractivity contribution in [3.05, 3.63) is 0 Å². The van der Waals surface area contributed by atoms with Gasteiger partial charge in [0.1, 0.15) is 0 Å². The van der Waals surface area contributed by atoms with Crippen LogP contribution in [-0.4, -0.2) is 30.2 Å². The molecule has 0 radical (unpaired) electrons. The fourth-order valence-electron chi connectivity index (χ4n) is 1.44. The Morgan fingerprint density at radius 2 is 2.43 bits per heavy atom. The first-order valence-electron chi connectivity index (χ1n) is 4.85. The SMILES string of the molecule is NC(=S)CNC(=O)CCC1CCCO1. The topological polar surface area (TPSA) is 64.3 Å². The number of nitrogens with one attached hydrogen (secondary N) is 1. The van der Waals surface area contributed by atoms with Crippen LogP contribution >= 0.6 is 12.2 Å². The molecule has 0 aromatic heterocycles. The Bertz CT molecular complexity index is 215. The van der Waals surface area contributed by atoms with Gasteiger partial charge in [0.2, 0.25) is 5.91 Å². The summed E-state index contributed by atoms with van der Waals surface area (Å²) in [4.78, 5) is 11.5. The van der Waals surface area contributed by atoms with Gasteiger partial charge in [-0.15, -0.1) is 0 Å². The fraction of sp³-hybridized carbons (Fsp3) is 0.778. The van der Waals surface area contributed by atoms with Crippen LogP contribution in [0.5, 0.6) is 0 Å². The summed E-state index contributed by atoms with van der Waals surface area (Å²) < 4.78 is 5.40. The molecule has 1 amide bonds. The lowest BCUT2D eigenvalue weighted by atomic mass is 10.1. The zero-order valence-electron chi connectivity index (χ0n) is 8.12. The molecule has 1 rings (SSSR count). The predicted octanol–water partition coefficient (Wildman–Crippen LogP) is 0.348. The molecule has 0 bridgehead atoms. The predicted molar refractivity (Wildman–Crippen MR) is 58.0 cm³/mol. The molecule has 4 nitrogen and oxygen atoms in total. The van der Waals surface area contributed by atoms with Crippen molar-refractivity contribution in [1.29, 1.82) is 0 Å². The van der Waals surface area contributed by atoms with Gasteiger partial charge in [0, 0.05) is 13.0 Å². The Balaban J connectivity index is 2.05.